The maximum Gasteiger partial charge on any atom is 0.251 e. The van der Waals surface area contributed by atoms with Crippen molar-refractivity contribution in [3.8, 4) is 11.4 Å². The van der Waals surface area contributed by atoms with Crippen molar-refractivity contribution in [1.82, 2.24) is 20.2 Å². The zero-order chi connectivity index (χ0) is 17.2. The predicted molar refractivity (Wildman–Crippen MR) is 99.5 cm³/mol. The minimum absolute atomic E-state index is 0.0155. The standard InChI is InChI=1S/C20H22N4O/c1-24-11-5-8-16(13-24)21-20(25)15-7-4-6-14(12-15)19-22-17-9-2-3-10-18(17)23-19/h2-4,6-7,9-10,12,16H,5,8,11,13H2,1H3,(H,21,25)(H,22,23)/t16-/m1/s1. The van der Waals surface area contributed by atoms with E-state index in [1.807, 2.05) is 48.5 Å². The molecule has 1 aliphatic rings. The van der Waals surface area contributed by atoms with Crippen molar-refractivity contribution in [2.24, 2.45) is 0 Å². The normalized spacial score (nSPS) is 18.4. The molecule has 2 aromatic carbocycles. The molecule has 2 heterocycles. The van der Waals surface area contributed by atoms with Crippen LogP contribution in [0.5, 0.6) is 0 Å². The van der Waals surface area contributed by atoms with Gasteiger partial charge in [-0.1, -0.05) is 24.3 Å². The second kappa shape index (κ2) is 6.69. The number of H-pyrrole nitrogens is 1. The molecule has 5 heteroatoms. The summed E-state index contributed by atoms with van der Waals surface area (Å²) >= 11 is 0. The van der Waals surface area contributed by atoms with E-state index >= 15 is 0 Å². The number of rotatable bonds is 3. The second-order valence-electron chi connectivity index (χ2n) is 6.76. The molecular weight excluding hydrogens is 312 g/mol. The molecule has 1 fully saturated rings. The van der Waals surface area contributed by atoms with E-state index in [2.05, 4.69) is 27.2 Å². The Morgan fingerprint density at radius 3 is 2.96 bits per heavy atom. The molecule has 1 atom stereocenters. The lowest BCUT2D eigenvalue weighted by molar-refractivity contribution is 0.0912. The molecule has 1 aliphatic heterocycles. The minimum Gasteiger partial charge on any atom is -0.348 e. The summed E-state index contributed by atoms with van der Waals surface area (Å²) in [6.45, 7) is 2.02. The quantitative estimate of drug-likeness (QED) is 0.774. The fraction of sp³-hybridized carbons (Fsp3) is 0.300. The topological polar surface area (TPSA) is 61.0 Å². The summed E-state index contributed by atoms with van der Waals surface area (Å²) in [5, 5.41) is 3.16. The number of likely N-dealkylation sites (tertiary alicyclic amines) is 1. The summed E-state index contributed by atoms with van der Waals surface area (Å²) in [6, 6.07) is 15.8. The Labute approximate surface area is 147 Å². The maximum atomic E-state index is 12.6. The number of hydrogen-bond donors (Lipinski definition) is 2. The molecule has 0 spiro atoms. The largest absolute Gasteiger partial charge is 0.348 e. The number of piperidine rings is 1. The molecule has 2 N–H and O–H groups in total. The van der Waals surface area contributed by atoms with Gasteiger partial charge in [0, 0.05) is 23.7 Å². The van der Waals surface area contributed by atoms with Gasteiger partial charge >= 0.3 is 0 Å². The maximum absolute atomic E-state index is 12.6. The number of para-hydroxylation sites is 2. The number of fused-ring (bicyclic) bond motifs is 1. The highest BCUT2D eigenvalue weighted by molar-refractivity contribution is 5.95. The van der Waals surface area contributed by atoms with E-state index in [0.29, 0.717) is 5.56 Å². The van der Waals surface area contributed by atoms with Crippen LogP contribution in [0.4, 0.5) is 0 Å². The third kappa shape index (κ3) is 3.42. The van der Waals surface area contributed by atoms with E-state index in [9.17, 15) is 4.79 Å². The number of aromatic nitrogens is 2. The van der Waals surface area contributed by atoms with Gasteiger partial charge in [0.15, 0.2) is 0 Å². The van der Waals surface area contributed by atoms with Gasteiger partial charge in [-0.15, -0.1) is 0 Å². The zero-order valence-corrected chi connectivity index (χ0v) is 14.3. The lowest BCUT2D eigenvalue weighted by atomic mass is 10.0. The lowest BCUT2D eigenvalue weighted by Gasteiger charge is -2.30. The molecule has 0 aliphatic carbocycles. The zero-order valence-electron chi connectivity index (χ0n) is 14.3. The number of imidazole rings is 1. The Hall–Kier alpha value is -2.66. The molecular formula is C20H22N4O. The van der Waals surface area contributed by atoms with Crippen molar-refractivity contribution in [3.05, 3.63) is 54.1 Å². The van der Waals surface area contributed by atoms with Gasteiger partial charge in [0.1, 0.15) is 5.82 Å². The van der Waals surface area contributed by atoms with E-state index in [-0.39, 0.29) is 11.9 Å². The minimum atomic E-state index is -0.0155. The van der Waals surface area contributed by atoms with Crippen LogP contribution in [0.3, 0.4) is 0 Å². The summed E-state index contributed by atoms with van der Waals surface area (Å²) < 4.78 is 0. The molecule has 4 rings (SSSR count). The molecule has 0 saturated carbocycles. The number of aromatic amines is 1. The van der Waals surface area contributed by atoms with E-state index in [0.717, 1.165) is 48.4 Å². The number of nitrogens with one attached hydrogen (secondary N) is 2. The summed E-state index contributed by atoms with van der Waals surface area (Å²) in [5.41, 5.74) is 3.52. The predicted octanol–water partition coefficient (Wildman–Crippen LogP) is 3.05. The van der Waals surface area contributed by atoms with Crippen LogP contribution in [0.15, 0.2) is 48.5 Å². The first-order valence-electron chi connectivity index (χ1n) is 8.73. The SMILES string of the molecule is CN1CCC[C@@H](NC(=O)c2cccc(-c3nc4ccccc4[nH]3)c2)C1. The van der Waals surface area contributed by atoms with E-state index in [1.165, 1.54) is 0 Å². The Kier molecular flexibility index (Phi) is 4.24. The van der Waals surface area contributed by atoms with Crippen LogP contribution in [0.25, 0.3) is 22.4 Å². The average Bonchev–Trinajstić information content (AvgIpc) is 3.06. The Morgan fingerprint density at radius 1 is 1.24 bits per heavy atom. The average molecular weight is 334 g/mol. The van der Waals surface area contributed by atoms with Gasteiger partial charge in [-0.25, -0.2) is 4.98 Å². The lowest BCUT2D eigenvalue weighted by Crippen LogP contribution is -2.46. The van der Waals surface area contributed by atoms with Gasteiger partial charge in [-0.3, -0.25) is 4.79 Å². The van der Waals surface area contributed by atoms with E-state index < -0.39 is 0 Å². The van der Waals surface area contributed by atoms with Crippen LogP contribution in [0, 0.1) is 0 Å². The molecule has 5 nitrogen and oxygen atoms in total. The first-order valence-corrected chi connectivity index (χ1v) is 8.73. The highest BCUT2D eigenvalue weighted by atomic mass is 16.1. The van der Waals surface area contributed by atoms with E-state index in [1.54, 1.807) is 0 Å². The monoisotopic (exact) mass is 334 g/mol. The van der Waals surface area contributed by atoms with Gasteiger partial charge in [0.2, 0.25) is 0 Å². The molecule has 25 heavy (non-hydrogen) atoms. The Bertz CT molecular complexity index is 868. The number of hydrogen-bond acceptors (Lipinski definition) is 3. The van der Waals surface area contributed by atoms with Crippen molar-refractivity contribution < 1.29 is 4.79 Å². The smallest absolute Gasteiger partial charge is 0.251 e. The summed E-state index contributed by atoms with van der Waals surface area (Å²) in [4.78, 5) is 22.8. The number of likely N-dealkylation sites (N-methyl/N-ethyl adjacent to an activating group) is 1. The Balaban J connectivity index is 1.55. The number of nitrogens with zero attached hydrogens (tertiary/aromatic N) is 2. The van der Waals surface area contributed by atoms with Gasteiger partial charge in [-0.05, 0) is 50.7 Å². The van der Waals surface area contributed by atoms with Crippen molar-refractivity contribution in [2.45, 2.75) is 18.9 Å². The van der Waals surface area contributed by atoms with Crippen molar-refractivity contribution >= 4 is 16.9 Å². The molecule has 1 aromatic heterocycles. The number of amides is 1. The van der Waals surface area contributed by atoms with Gasteiger partial charge < -0.3 is 15.2 Å². The summed E-state index contributed by atoms with van der Waals surface area (Å²) in [5.74, 6) is 0.770. The summed E-state index contributed by atoms with van der Waals surface area (Å²) in [7, 11) is 2.10. The van der Waals surface area contributed by atoms with Crippen LogP contribution in [-0.2, 0) is 0 Å². The van der Waals surface area contributed by atoms with Gasteiger partial charge in [0.05, 0.1) is 11.0 Å². The Morgan fingerprint density at radius 2 is 2.12 bits per heavy atom. The molecule has 0 bridgehead atoms. The molecule has 0 unspecified atom stereocenters. The van der Waals surface area contributed by atoms with Crippen molar-refractivity contribution in [3.63, 3.8) is 0 Å². The van der Waals surface area contributed by atoms with Crippen molar-refractivity contribution in [1.29, 1.82) is 0 Å². The highest BCUT2D eigenvalue weighted by Gasteiger charge is 2.19. The fourth-order valence-corrected chi connectivity index (χ4v) is 3.45. The fourth-order valence-electron chi connectivity index (χ4n) is 3.45. The summed E-state index contributed by atoms with van der Waals surface area (Å²) in [6.07, 6.45) is 2.17. The van der Waals surface area contributed by atoms with Crippen LogP contribution in [0.2, 0.25) is 0 Å². The first-order chi connectivity index (χ1) is 12.2. The third-order valence-corrected chi connectivity index (χ3v) is 4.75. The molecule has 0 radical (unpaired) electrons. The number of carbonyl (C=O) groups is 1. The number of carbonyl (C=O) groups excluding carboxylic acids is 1. The highest BCUT2D eigenvalue weighted by Crippen LogP contribution is 2.21. The molecule has 3 aromatic rings. The van der Waals surface area contributed by atoms with Crippen LogP contribution in [0.1, 0.15) is 23.2 Å². The van der Waals surface area contributed by atoms with Crippen LogP contribution >= 0.6 is 0 Å². The van der Waals surface area contributed by atoms with Gasteiger partial charge in [0.25, 0.3) is 5.91 Å². The van der Waals surface area contributed by atoms with E-state index in [4.69, 9.17) is 0 Å². The number of benzene rings is 2. The third-order valence-electron chi connectivity index (χ3n) is 4.75. The van der Waals surface area contributed by atoms with Crippen molar-refractivity contribution in [2.75, 3.05) is 20.1 Å². The van der Waals surface area contributed by atoms with Gasteiger partial charge in [-0.2, -0.15) is 0 Å². The van der Waals surface area contributed by atoms with Crippen LogP contribution < -0.4 is 5.32 Å². The molecule has 1 amide bonds. The van der Waals surface area contributed by atoms with Crippen LogP contribution in [-0.4, -0.2) is 47.0 Å². The first kappa shape index (κ1) is 15.8. The molecule has 128 valence electrons. The second-order valence-corrected chi connectivity index (χ2v) is 6.76. The molecule has 1 saturated heterocycles.